The van der Waals surface area contributed by atoms with Gasteiger partial charge in [-0.1, -0.05) is 6.07 Å². The van der Waals surface area contributed by atoms with Gasteiger partial charge >= 0.3 is 5.69 Å². The van der Waals surface area contributed by atoms with Crippen molar-refractivity contribution >= 4 is 21.6 Å². The summed E-state index contributed by atoms with van der Waals surface area (Å²) in [5.74, 6) is 0.226. The van der Waals surface area contributed by atoms with E-state index >= 15 is 0 Å². The fourth-order valence-corrected chi connectivity index (χ4v) is 5.59. The van der Waals surface area contributed by atoms with Gasteiger partial charge in [0, 0.05) is 17.6 Å². The van der Waals surface area contributed by atoms with Crippen LogP contribution in [0.4, 0.5) is 4.39 Å². The third-order valence-corrected chi connectivity index (χ3v) is 7.36. The van der Waals surface area contributed by atoms with Crippen molar-refractivity contribution in [3.63, 3.8) is 0 Å². The second kappa shape index (κ2) is 8.66. The molecular weight excluding hydrogens is 467 g/mol. The van der Waals surface area contributed by atoms with E-state index in [1.54, 1.807) is 18.0 Å². The van der Waals surface area contributed by atoms with Crippen LogP contribution in [0.25, 0.3) is 32.0 Å². The second-order valence-corrected chi connectivity index (χ2v) is 9.21. The Morgan fingerprint density at radius 1 is 1.09 bits per heavy atom. The average molecular weight is 491 g/mol. The van der Waals surface area contributed by atoms with Gasteiger partial charge in [-0.3, -0.25) is 9.36 Å². The topological polar surface area (TPSA) is 71.0 Å². The fraction of sp³-hybridized carbons (Fsp3) is 0.192. The Kier molecular flexibility index (Phi) is 5.64. The average Bonchev–Trinajstić information content (AvgIpc) is 3.44. The summed E-state index contributed by atoms with van der Waals surface area (Å²) in [5.41, 5.74) is 3.55. The van der Waals surface area contributed by atoms with E-state index in [0.717, 1.165) is 32.0 Å². The van der Waals surface area contributed by atoms with Gasteiger partial charge in [0.1, 0.15) is 16.3 Å². The first-order valence-corrected chi connectivity index (χ1v) is 11.9. The molecule has 2 aromatic carbocycles. The number of aromatic nitrogens is 4. The van der Waals surface area contributed by atoms with Gasteiger partial charge in [0.15, 0.2) is 0 Å². The summed E-state index contributed by atoms with van der Waals surface area (Å²) >= 11 is 1.34. The number of hydrogen-bond donors (Lipinski definition) is 0. The highest BCUT2D eigenvalue weighted by Gasteiger charge is 2.21. The van der Waals surface area contributed by atoms with E-state index < -0.39 is 17.1 Å². The van der Waals surface area contributed by atoms with Crippen molar-refractivity contribution in [3.05, 3.63) is 92.9 Å². The summed E-state index contributed by atoms with van der Waals surface area (Å²) in [7, 11) is 1.61. The van der Waals surface area contributed by atoms with Crippen LogP contribution in [0.2, 0.25) is 0 Å². The monoisotopic (exact) mass is 490 g/mol. The maximum Gasteiger partial charge on any atom is 0.336 e. The third-order valence-electron chi connectivity index (χ3n) is 6.04. The van der Waals surface area contributed by atoms with Crippen molar-refractivity contribution in [2.75, 3.05) is 7.11 Å². The van der Waals surface area contributed by atoms with Crippen molar-refractivity contribution in [2.24, 2.45) is 0 Å². The smallest absolute Gasteiger partial charge is 0.336 e. The molecule has 0 aliphatic rings. The van der Waals surface area contributed by atoms with Crippen molar-refractivity contribution in [3.8, 4) is 27.6 Å². The van der Waals surface area contributed by atoms with Crippen molar-refractivity contribution < 1.29 is 9.13 Å². The Bertz CT molecular complexity index is 1690. The van der Waals surface area contributed by atoms with Crippen LogP contribution in [-0.4, -0.2) is 25.8 Å². The Morgan fingerprint density at radius 2 is 1.83 bits per heavy atom. The minimum atomic E-state index is -0.451. The van der Waals surface area contributed by atoms with Gasteiger partial charge in [-0.2, -0.15) is 0 Å². The van der Waals surface area contributed by atoms with Gasteiger partial charge in [-0.05, 0) is 68.3 Å². The standard InChI is InChI=1S/C26H23FN4O3S/c1-5-30-22-16(3)23(17-6-11-20(21(12-17)34-4)29-13-15(2)28-14-29)35-24(22)25(32)31(26(30)33)19-9-7-18(27)8-10-19/h6-14H,5H2,1-4H3. The van der Waals surface area contributed by atoms with E-state index in [4.69, 9.17) is 4.74 Å². The number of rotatable bonds is 5. The molecular formula is C26H23FN4O3S. The number of nitrogens with zero attached hydrogens (tertiary/aromatic N) is 4. The minimum Gasteiger partial charge on any atom is -0.495 e. The molecule has 0 aliphatic carbocycles. The molecule has 3 heterocycles. The summed E-state index contributed by atoms with van der Waals surface area (Å²) in [4.78, 5) is 32.0. The normalized spacial score (nSPS) is 11.3. The second-order valence-electron chi connectivity index (χ2n) is 8.19. The predicted molar refractivity (Wildman–Crippen MR) is 136 cm³/mol. The van der Waals surface area contributed by atoms with Crippen LogP contribution >= 0.6 is 11.3 Å². The van der Waals surface area contributed by atoms with Crippen molar-refractivity contribution in [1.82, 2.24) is 18.7 Å². The molecule has 0 unspecified atom stereocenters. The van der Waals surface area contributed by atoms with Crippen LogP contribution in [0.15, 0.2) is 64.6 Å². The summed E-state index contributed by atoms with van der Waals surface area (Å²) in [6.07, 6.45) is 3.65. The number of hydrogen-bond acceptors (Lipinski definition) is 5. The molecule has 0 fully saturated rings. The molecule has 0 N–H and O–H groups in total. The predicted octanol–water partition coefficient (Wildman–Crippen LogP) is 4.85. The maximum absolute atomic E-state index is 13.5. The lowest BCUT2D eigenvalue weighted by atomic mass is 10.1. The summed E-state index contributed by atoms with van der Waals surface area (Å²) in [6.45, 7) is 6.09. The Balaban J connectivity index is 1.74. The molecule has 0 spiro atoms. The van der Waals surface area contributed by atoms with E-state index in [9.17, 15) is 14.0 Å². The number of fused-ring (bicyclic) bond motifs is 1. The zero-order valence-electron chi connectivity index (χ0n) is 19.7. The maximum atomic E-state index is 13.5. The Labute approximate surface area is 204 Å². The van der Waals surface area contributed by atoms with Gasteiger partial charge < -0.3 is 9.30 Å². The molecule has 5 rings (SSSR count). The van der Waals surface area contributed by atoms with Gasteiger partial charge in [0.25, 0.3) is 5.56 Å². The van der Waals surface area contributed by atoms with E-state index in [1.807, 2.05) is 49.7 Å². The van der Waals surface area contributed by atoms with E-state index in [1.165, 1.54) is 35.6 Å². The Hall–Kier alpha value is -3.98. The molecule has 0 saturated heterocycles. The first kappa shape index (κ1) is 22.8. The summed E-state index contributed by atoms with van der Waals surface area (Å²) in [5, 5.41) is 0. The van der Waals surface area contributed by atoms with Gasteiger partial charge in [-0.25, -0.2) is 18.7 Å². The number of imidazole rings is 1. The van der Waals surface area contributed by atoms with Gasteiger partial charge in [-0.15, -0.1) is 11.3 Å². The van der Waals surface area contributed by atoms with Gasteiger partial charge in [0.05, 0.1) is 36.0 Å². The third kappa shape index (κ3) is 3.68. The van der Waals surface area contributed by atoms with Crippen molar-refractivity contribution in [2.45, 2.75) is 27.3 Å². The SMILES string of the molecule is CCn1c(=O)n(-c2ccc(F)cc2)c(=O)c2sc(-c3ccc(-n4cnc(C)c4)c(OC)c3)c(C)c21. The van der Waals surface area contributed by atoms with Crippen LogP contribution in [0.5, 0.6) is 5.75 Å². The van der Waals surface area contributed by atoms with Crippen LogP contribution < -0.4 is 16.0 Å². The highest BCUT2D eigenvalue weighted by molar-refractivity contribution is 7.22. The molecule has 7 nitrogen and oxygen atoms in total. The quantitative estimate of drug-likeness (QED) is 0.353. The minimum absolute atomic E-state index is 0.333. The molecule has 0 bridgehead atoms. The lowest BCUT2D eigenvalue weighted by Gasteiger charge is -2.12. The molecule has 0 saturated carbocycles. The Morgan fingerprint density at radius 3 is 2.46 bits per heavy atom. The van der Waals surface area contributed by atoms with E-state index in [-0.39, 0.29) is 0 Å². The van der Waals surface area contributed by atoms with Crippen LogP contribution in [0.1, 0.15) is 18.2 Å². The molecule has 178 valence electrons. The highest BCUT2D eigenvalue weighted by atomic mass is 32.1. The molecule has 0 aliphatic heterocycles. The first-order valence-electron chi connectivity index (χ1n) is 11.1. The number of benzene rings is 2. The molecule has 0 atom stereocenters. The molecule has 35 heavy (non-hydrogen) atoms. The van der Waals surface area contributed by atoms with Crippen LogP contribution in [0.3, 0.4) is 0 Å². The largest absolute Gasteiger partial charge is 0.495 e. The molecule has 5 aromatic rings. The molecule has 9 heteroatoms. The summed E-state index contributed by atoms with van der Waals surface area (Å²) < 4.78 is 24.2. The van der Waals surface area contributed by atoms with Crippen LogP contribution in [-0.2, 0) is 6.54 Å². The molecule has 3 aromatic heterocycles. The lowest BCUT2D eigenvalue weighted by molar-refractivity contribution is 0.413. The zero-order valence-corrected chi connectivity index (χ0v) is 20.5. The fourth-order valence-electron chi connectivity index (χ4n) is 4.35. The van der Waals surface area contributed by atoms with E-state index in [0.29, 0.717) is 28.2 Å². The number of ether oxygens (including phenoxy) is 1. The van der Waals surface area contributed by atoms with Crippen LogP contribution in [0, 0.1) is 19.7 Å². The molecule has 0 radical (unpaired) electrons. The summed E-state index contributed by atoms with van der Waals surface area (Å²) in [6, 6.07) is 11.2. The first-order chi connectivity index (χ1) is 16.8. The van der Waals surface area contributed by atoms with Gasteiger partial charge in [0.2, 0.25) is 0 Å². The van der Waals surface area contributed by atoms with E-state index in [2.05, 4.69) is 4.98 Å². The number of thiophene rings is 1. The lowest BCUT2D eigenvalue weighted by Crippen LogP contribution is -2.38. The number of methoxy groups -OCH3 is 1. The highest BCUT2D eigenvalue weighted by Crippen LogP contribution is 2.39. The molecule has 0 amide bonds. The zero-order chi connectivity index (χ0) is 24.9. The number of halogens is 1. The van der Waals surface area contributed by atoms with Crippen molar-refractivity contribution in [1.29, 1.82) is 0 Å². The number of aryl methyl sites for hydroxylation is 3.